The number of fused-ring (bicyclic) bond motifs is 1. The van der Waals surface area contributed by atoms with E-state index in [1.807, 2.05) is 4.57 Å². The smallest absolute Gasteiger partial charge is 0.201 e. The highest BCUT2D eigenvalue weighted by Crippen LogP contribution is 2.26. The van der Waals surface area contributed by atoms with Gasteiger partial charge in [-0.15, -0.1) is 0 Å². The minimum Gasteiger partial charge on any atom is -0.369 e. The molecule has 1 aromatic carbocycles. The number of aromatic nitrogens is 2. The number of imidazole rings is 1. The van der Waals surface area contributed by atoms with Gasteiger partial charge in [-0.05, 0) is 54.9 Å². The first-order valence-electron chi connectivity index (χ1n) is 6.91. The monoisotopic (exact) mass is 340 g/mol. The van der Waals surface area contributed by atoms with E-state index in [0.717, 1.165) is 30.7 Å². The second-order valence-corrected chi connectivity index (χ2v) is 6.28. The zero-order valence-electron chi connectivity index (χ0n) is 11.4. The summed E-state index contributed by atoms with van der Waals surface area (Å²) in [4.78, 5) is 6.77. The Morgan fingerprint density at radius 3 is 2.80 bits per heavy atom. The summed E-state index contributed by atoms with van der Waals surface area (Å²) in [5.41, 5.74) is 7.48. The van der Waals surface area contributed by atoms with Crippen molar-refractivity contribution >= 4 is 32.9 Å². The lowest BCUT2D eigenvalue weighted by atomic mass is 10.2. The van der Waals surface area contributed by atoms with Crippen LogP contribution in [0.15, 0.2) is 16.6 Å². The number of rotatable bonds is 3. The number of hydrogen-bond acceptors (Lipinski definition) is 3. The average molecular weight is 341 g/mol. The van der Waals surface area contributed by atoms with Gasteiger partial charge in [-0.1, -0.05) is 0 Å². The predicted octanol–water partition coefficient (Wildman–Crippen LogP) is 3.00. The summed E-state index contributed by atoms with van der Waals surface area (Å²) in [6.07, 6.45) is 2.51. The van der Waals surface area contributed by atoms with E-state index in [9.17, 15) is 4.39 Å². The van der Waals surface area contributed by atoms with Gasteiger partial charge in [0.15, 0.2) is 0 Å². The van der Waals surface area contributed by atoms with Gasteiger partial charge in [0.05, 0.1) is 15.5 Å². The number of nitrogens with zero attached hydrogens (tertiary/aromatic N) is 3. The van der Waals surface area contributed by atoms with Crippen LogP contribution in [0.1, 0.15) is 19.8 Å². The molecule has 1 unspecified atom stereocenters. The van der Waals surface area contributed by atoms with Crippen LogP contribution in [0, 0.1) is 5.82 Å². The lowest BCUT2D eigenvalue weighted by Crippen LogP contribution is -2.33. The highest BCUT2D eigenvalue weighted by atomic mass is 79.9. The van der Waals surface area contributed by atoms with Gasteiger partial charge >= 0.3 is 0 Å². The van der Waals surface area contributed by atoms with E-state index in [1.165, 1.54) is 18.9 Å². The molecule has 1 atom stereocenters. The second kappa shape index (κ2) is 5.33. The Morgan fingerprint density at radius 1 is 1.40 bits per heavy atom. The minimum atomic E-state index is -0.285. The molecule has 108 valence electrons. The van der Waals surface area contributed by atoms with Crippen molar-refractivity contribution in [2.75, 3.05) is 18.8 Å². The van der Waals surface area contributed by atoms with Crippen LogP contribution in [0.25, 0.3) is 11.0 Å². The molecule has 2 heterocycles. The molecule has 3 rings (SSSR count). The van der Waals surface area contributed by atoms with Gasteiger partial charge in [-0.25, -0.2) is 9.37 Å². The lowest BCUT2D eigenvalue weighted by Gasteiger charge is -2.24. The van der Waals surface area contributed by atoms with E-state index in [1.54, 1.807) is 6.07 Å². The maximum absolute atomic E-state index is 13.7. The molecule has 1 fully saturated rings. The van der Waals surface area contributed by atoms with E-state index < -0.39 is 0 Å². The Hall–Kier alpha value is -1.14. The molecule has 2 aromatic rings. The van der Waals surface area contributed by atoms with Crippen molar-refractivity contribution in [3.63, 3.8) is 0 Å². The van der Waals surface area contributed by atoms with E-state index in [4.69, 9.17) is 5.73 Å². The molecule has 4 nitrogen and oxygen atoms in total. The van der Waals surface area contributed by atoms with Gasteiger partial charge < -0.3 is 10.3 Å². The first kappa shape index (κ1) is 13.8. The maximum atomic E-state index is 13.7. The van der Waals surface area contributed by atoms with Crippen molar-refractivity contribution in [1.82, 2.24) is 14.5 Å². The Bertz CT molecular complexity index is 634. The SMILES string of the molecule is CC(Cn1c(N)nc2cc(Br)c(F)cc21)N1CCCC1. The first-order valence-corrected chi connectivity index (χ1v) is 7.70. The molecular weight excluding hydrogens is 323 g/mol. The number of nitrogen functional groups attached to an aromatic ring is 1. The number of anilines is 1. The maximum Gasteiger partial charge on any atom is 0.201 e. The number of nitrogens with two attached hydrogens (primary N) is 1. The summed E-state index contributed by atoms with van der Waals surface area (Å²) in [6, 6.07) is 3.56. The van der Waals surface area contributed by atoms with Crippen molar-refractivity contribution in [3.8, 4) is 0 Å². The molecule has 1 saturated heterocycles. The third-order valence-electron chi connectivity index (χ3n) is 4.03. The molecule has 6 heteroatoms. The van der Waals surface area contributed by atoms with Crippen LogP contribution in [0.4, 0.5) is 10.3 Å². The van der Waals surface area contributed by atoms with Crippen LogP contribution in [0.2, 0.25) is 0 Å². The van der Waals surface area contributed by atoms with Crippen molar-refractivity contribution in [2.45, 2.75) is 32.4 Å². The fraction of sp³-hybridized carbons (Fsp3) is 0.500. The Balaban J connectivity index is 1.94. The van der Waals surface area contributed by atoms with Gasteiger partial charge in [0.1, 0.15) is 5.82 Å². The number of halogens is 2. The molecule has 1 aliphatic heterocycles. The van der Waals surface area contributed by atoms with Crippen molar-refractivity contribution in [3.05, 3.63) is 22.4 Å². The molecule has 20 heavy (non-hydrogen) atoms. The molecule has 0 amide bonds. The van der Waals surface area contributed by atoms with Gasteiger partial charge in [0.2, 0.25) is 5.95 Å². The Morgan fingerprint density at radius 2 is 2.10 bits per heavy atom. The minimum absolute atomic E-state index is 0.285. The van der Waals surface area contributed by atoms with Gasteiger partial charge in [0.25, 0.3) is 0 Å². The summed E-state index contributed by atoms with van der Waals surface area (Å²) >= 11 is 3.18. The molecule has 0 bridgehead atoms. The summed E-state index contributed by atoms with van der Waals surface area (Å²) < 4.78 is 16.1. The van der Waals surface area contributed by atoms with E-state index in [-0.39, 0.29) is 5.82 Å². The normalized spacial score (nSPS) is 17.9. The van der Waals surface area contributed by atoms with Crippen molar-refractivity contribution in [2.24, 2.45) is 0 Å². The Kier molecular flexibility index (Phi) is 3.69. The van der Waals surface area contributed by atoms with Crippen molar-refractivity contribution < 1.29 is 4.39 Å². The second-order valence-electron chi connectivity index (χ2n) is 5.43. The van der Waals surface area contributed by atoms with Gasteiger partial charge in [0, 0.05) is 18.7 Å². The van der Waals surface area contributed by atoms with E-state index in [0.29, 0.717) is 16.5 Å². The highest BCUT2D eigenvalue weighted by Gasteiger charge is 2.20. The Labute approximate surface area is 125 Å². The molecule has 1 aromatic heterocycles. The first-order chi connectivity index (χ1) is 9.56. The zero-order valence-corrected chi connectivity index (χ0v) is 13.0. The standard InChI is InChI=1S/C14H18BrFN4/c1-9(19-4-2-3-5-19)8-20-13-7-11(16)10(15)6-12(13)18-14(20)17/h6-7,9H,2-5,8H2,1H3,(H2,17,18). The van der Waals surface area contributed by atoms with Crippen LogP contribution in [0.3, 0.4) is 0 Å². The van der Waals surface area contributed by atoms with Crippen LogP contribution >= 0.6 is 15.9 Å². The topological polar surface area (TPSA) is 47.1 Å². The van der Waals surface area contributed by atoms with E-state index in [2.05, 4.69) is 32.7 Å². The lowest BCUT2D eigenvalue weighted by molar-refractivity contribution is 0.238. The zero-order chi connectivity index (χ0) is 14.3. The fourth-order valence-electron chi connectivity index (χ4n) is 2.89. The van der Waals surface area contributed by atoms with Crippen LogP contribution in [-0.4, -0.2) is 33.6 Å². The number of likely N-dealkylation sites (tertiary alicyclic amines) is 1. The fourth-order valence-corrected chi connectivity index (χ4v) is 3.22. The molecule has 0 spiro atoms. The number of benzene rings is 1. The number of hydrogen-bond donors (Lipinski definition) is 1. The predicted molar refractivity (Wildman–Crippen MR) is 82.1 cm³/mol. The van der Waals surface area contributed by atoms with Crippen LogP contribution in [-0.2, 0) is 6.54 Å². The van der Waals surface area contributed by atoms with Crippen LogP contribution < -0.4 is 5.73 Å². The summed E-state index contributed by atoms with van der Waals surface area (Å²) in [6.45, 7) is 5.19. The molecule has 0 radical (unpaired) electrons. The summed E-state index contributed by atoms with van der Waals surface area (Å²) in [5, 5.41) is 0. The van der Waals surface area contributed by atoms with Gasteiger partial charge in [-0.2, -0.15) is 0 Å². The molecule has 0 saturated carbocycles. The highest BCUT2D eigenvalue weighted by molar-refractivity contribution is 9.10. The molecule has 1 aliphatic rings. The third kappa shape index (κ3) is 2.42. The quantitative estimate of drug-likeness (QED) is 0.934. The van der Waals surface area contributed by atoms with E-state index >= 15 is 0 Å². The summed E-state index contributed by atoms with van der Waals surface area (Å²) in [5.74, 6) is 0.163. The summed E-state index contributed by atoms with van der Waals surface area (Å²) in [7, 11) is 0. The molecule has 0 aliphatic carbocycles. The van der Waals surface area contributed by atoms with Crippen molar-refractivity contribution in [1.29, 1.82) is 0 Å². The average Bonchev–Trinajstić information content (AvgIpc) is 3.01. The molecule has 2 N–H and O–H groups in total. The van der Waals surface area contributed by atoms with Crippen LogP contribution in [0.5, 0.6) is 0 Å². The van der Waals surface area contributed by atoms with Gasteiger partial charge in [-0.3, -0.25) is 4.90 Å². The third-order valence-corrected chi connectivity index (χ3v) is 4.64. The molecular formula is C14H18BrFN4. The largest absolute Gasteiger partial charge is 0.369 e.